The Morgan fingerprint density at radius 3 is 3.00 bits per heavy atom. The second-order valence-electron chi connectivity index (χ2n) is 8.72. The van der Waals surface area contributed by atoms with Crippen LogP contribution in [0.25, 0.3) is 6.08 Å². The fourth-order valence-corrected chi connectivity index (χ4v) is 6.02. The van der Waals surface area contributed by atoms with E-state index in [0.717, 1.165) is 49.0 Å². The van der Waals surface area contributed by atoms with Gasteiger partial charge in [0, 0.05) is 36.3 Å². The molecule has 1 unspecified atom stereocenters. The van der Waals surface area contributed by atoms with E-state index in [9.17, 15) is 9.18 Å². The maximum atomic E-state index is 13.7. The summed E-state index contributed by atoms with van der Waals surface area (Å²) in [6, 6.07) is 2.86. The molecule has 1 saturated heterocycles. The molecular weight excluding hydrogens is 427 g/mol. The number of nitrogens with zero attached hydrogens (tertiary/aromatic N) is 4. The summed E-state index contributed by atoms with van der Waals surface area (Å²) in [6.45, 7) is 2.98. The van der Waals surface area contributed by atoms with Gasteiger partial charge in [0.05, 0.1) is 29.5 Å². The van der Waals surface area contributed by atoms with E-state index in [1.54, 1.807) is 16.7 Å². The highest BCUT2D eigenvalue weighted by Crippen LogP contribution is 2.58. The minimum Gasteiger partial charge on any atom is -0.345 e. The third-order valence-electron chi connectivity index (χ3n) is 6.63. The smallest absolute Gasteiger partial charge is 0.271 e. The molecule has 0 spiro atoms. The number of fused-ring (bicyclic) bond motifs is 2. The Kier molecular flexibility index (Phi) is 4.87. The summed E-state index contributed by atoms with van der Waals surface area (Å²) in [5.41, 5.74) is 2.97. The molecule has 6 rings (SSSR count). The SMILES string of the molecule is O=C(NCc1ncccc1F)c1csc(C2[C@H]3CN(Cc4nc5c([nH]4)CCC=C5)C[C@@H]23)n1. The molecule has 1 aliphatic heterocycles. The first-order valence-corrected chi connectivity index (χ1v) is 11.8. The van der Waals surface area contributed by atoms with Gasteiger partial charge in [-0.3, -0.25) is 14.7 Å². The van der Waals surface area contributed by atoms with Crippen molar-refractivity contribution in [1.29, 1.82) is 0 Å². The first kappa shape index (κ1) is 19.8. The van der Waals surface area contributed by atoms with Gasteiger partial charge in [-0.15, -0.1) is 11.3 Å². The number of H-pyrrole nitrogens is 1. The van der Waals surface area contributed by atoms with Gasteiger partial charge in [0.1, 0.15) is 17.3 Å². The van der Waals surface area contributed by atoms with Gasteiger partial charge in [0.15, 0.2) is 0 Å². The van der Waals surface area contributed by atoms with E-state index in [0.29, 0.717) is 23.4 Å². The molecule has 0 bridgehead atoms. The highest BCUT2D eigenvalue weighted by molar-refractivity contribution is 7.10. The molecule has 7 nitrogen and oxygen atoms in total. The summed E-state index contributed by atoms with van der Waals surface area (Å²) >= 11 is 1.55. The Morgan fingerprint density at radius 2 is 2.19 bits per heavy atom. The maximum Gasteiger partial charge on any atom is 0.271 e. The highest BCUT2D eigenvalue weighted by atomic mass is 32.1. The Labute approximate surface area is 188 Å². The number of hydrogen-bond donors (Lipinski definition) is 2. The summed E-state index contributed by atoms with van der Waals surface area (Å²) in [4.78, 5) is 31.7. The van der Waals surface area contributed by atoms with E-state index in [-0.39, 0.29) is 18.1 Å². The van der Waals surface area contributed by atoms with Crippen molar-refractivity contribution in [2.75, 3.05) is 13.1 Å². The van der Waals surface area contributed by atoms with Gasteiger partial charge in [0.2, 0.25) is 0 Å². The van der Waals surface area contributed by atoms with Gasteiger partial charge < -0.3 is 10.3 Å². The number of imidazole rings is 1. The van der Waals surface area contributed by atoms with Gasteiger partial charge >= 0.3 is 0 Å². The van der Waals surface area contributed by atoms with Gasteiger partial charge in [-0.2, -0.15) is 0 Å². The number of likely N-dealkylation sites (tertiary alicyclic amines) is 1. The van der Waals surface area contributed by atoms with Crippen LogP contribution in [0.1, 0.15) is 50.7 Å². The molecule has 164 valence electrons. The fourth-order valence-electron chi connectivity index (χ4n) is 4.97. The first-order chi connectivity index (χ1) is 15.7. The molecule has 1 amide bonds. The van der Waals surface area contributed by atoms with Crippen molar-refractivity contribution in [3.63, 3.8) is 0 Å². The lowest BCUT2D eigenvalue weighted by atomic mass is 10.1. The minimum atomic E-state index is -0.423. The van der Waals surface area contributed by atoms with Crippen LogP contribution >= 0.6 is 11.3 Å². The summed E-state index contributed by atoms with van der Waals surface area (Å²) in [6.07, 6.45) is 7.93. The van der Waals surface area contributed by atoms with Crippen LogP contribution in [0.3, 0.4) is 0 Å². The number of piperidine rings is 1. The molecular formula is C23H23FN6OS. The Bertz CT molecular complexity index is 1190. The van der Waals surface area contributed by atoms with Crippen LogP contribution in [0, 0.1) is 17.7 Å². The number of aryl methyl sites for hydroxylation is 1. The second kappa shape index (κ2) is 7.90. The lowest BCUT2D eigenvalue weighted by Crippen LogP contribution is -2.25. The van der Waals surface area contributed by atoms with Gasteiger partial charge in [-0.1, -0.05) is 6.08 Å². The van der Waals surface area contributed by atoms with Crippen LogP contribution in [0.15, 0.2) is 29.8 Å². The number of pyridine rings is 1. The normalized spacial score (nSPS) is 23.7. The van der Waals surface area contributed by atoms with Crippen LogP contribution < -0.4 is 5.32 Å². The van der Waals surface area contributed by atoms with Crippen LogP contribution in [0.2, 0.25) is 0 Å². The number of aromatic amines is 1. The fraction of sp³-hybridized carbons (Fsp3) is 0.391. The molecule has 2 fully saturated rings. The van der Waals surface area contributed by atoms with Crippen molar-refractivity contribution in [2.45, 2.75) is 31.8 Å². The maximum absolute atomic E-state index is 13.7. The molecule has 1 saturated carbocycles. The zero-order valence-corrected chi connectivity index (χ0v) is 18.2. The molecule has 2 N–H and O–H groups in total. The standard InChI is InChI=1S/C23H23FN6OS/c24-15-4-3-7-25-18(15)8-26-22(31)19-12-32-23(29-19)21-13-9-30(10-14(13)21)11-20-27-16-5-1-2-6-17(16)28-20/h1,3-5,7,12-14,21H,2,6,8-11H2,(H,26,31)(H,27,28)/t13-,14+,21?. The number of aromatic nitrogens is 4. The van der Waals surface area contributed by atoms with E-state index in [2.05, 4.69) is 37.3 Å². The molecule has 3 aromatic heterocycles. The molecule has 32 heavy (non-hydrogen) atoms. The molecule has 3 aromatic rings. The molecule has 3 aliphatic rings. The average Bonchev–Trinajstić information content (AvgIpc) is 3.24. The monoisotopic (exact) mass is 450 g/mol. The van der Waals surface area contributed by atoms with Crippen LogP contribution in [0.4, 0.5) is 4.39 Å². The third kappa shape index (κ3) is 3.65. The van der Waals surface area contributed by atoms with Crippen LogP contribution in [0.5, 0.6) is 0 Å². The summed E-state index contributed by atoms with van der Waals surface area (Å²) in [7, 11) is 0. The summed E-state index contributed by atoms with van der Waals surface area (Å²) in [5.74, 6) is 1.98. The topological polar surface area (TPSA) is 86.8 Å². The molecule has 4 heterocycles. The number of nitrogens with one attached hydrogen (secondary N) is 2. The van der Waals surface area contributed by atoms with Crippen molar-refractivity contribution in [3.8, 4) is 0 Å². The Hall–Kier alpha value is -2.91. The molecule has 3 atom stereocenters. The largest absolute Gasteiger partial charge is 0.345 e. The van der Waals surface area contributed by atoms with Crippen molar-refractivity contribution in [2.24, 2.45) is 11.8 Å². The van der Waals surface area contributed by atoms with E-state index in [4.69, 9.17) is 4.98 Å². The molecule has 9 heteroatoms. The quantitative estimate of drug-likeness (QED) is 0.603. The number of allylic oxidation sites excluding steroid dienone is 1. The van der Waals surface area contributed by atoms with E-state index in [1.807, 2.05) is 0 Å². The van der Waals surface area contributed by atoms with Gasteiger partial charge in [-0.05, 0) is 42.9 Å². The minimum absolute atomic E-state index is 0.0496. The number of hydrogen-bond acceptors (Lipinski definition) is 6. The summed E-state index contributed by atoms with van der Waals surface area (Å²) < 4.78 is 13.7. The van der Waals surface area contributed by atoms with E-state index in [1.165, 1.54) is 24.0 Å². The second-order valence-corrected chi connectivity index (χ2v) is 9.61. The van der Waals surface area contributed by atoms with E-state index >= 15 is 0 Å². The number of halogens is 1. The molecule has 0 aromatic carbocycles. The number of carbonyl (C=O) groups is 1. The van der Waals surface area contributed by atoms with Crippen molar-refractivity contribution in [1.82, 2.24) is 30.2 Å². The van der Waals surface area contributed by atoms with E-state index < -0.39 is 5.82 Å². The predicted octanol–water partition coefficient (Wildman–Crippen LogP) is 3.14. The molecule has 2 aliphatic carbocycles. The number of rotatable bonds is 6. The predicted molar refractivity (Wildman–Crippen MR) is 118 cm³/mol. The van der Waals surface area contributed by atoms with Gasteiger partial charge in [-0.25, -0.2) is 14.4 Å². The van der Waals surface area contributed by atoms with Crippen molar-refractivity contribution >= 4 is 23.3 Å². The third-order valence-corrected chi connectivity index (χ3v) is 7.58. The average molecular weight is 451 g/mol. The van der Waals surface area contributed by atoms with Crippen LogP contribution in [-0.4, -0.2) is 43.8 Å². The highest BCUT2D eigenvalue weighted by Gasteiger charge is 2.57. The molecule has 0 radical (unpaired) electrons. The lowest BCUT2D eigenvalue weighted by molar-refractivity contribution is 0.0945. The van der Waals surface area contributed by atoms with Crippen molar-refractivity contribution < 1.29 is 9.18 Å². The first-order valence-electron chi connectivity index (χ1n) is 11.0. The number of carbonyl (C=O) groups excluding carboxylic acids is 1. The zero-order valence-electron chi connectivity index (χ0n) is 17.4. The number of thiazole rings is 1. The number of amides is 1. The van der Waals surface area contributed by atoms with Gasteiger partial charge in [0.25, 0.3) is 5.91 Å². The van der Waals surface area contributed by atoms with Crippen LogP contribution in [-0.2, 0) is 19.5 Å². The summed E-state index contributed by atoms with van der Waals surface area (Å²) in [5, 5.41) is 5.55. The van der Waals surface area contributed by atoms with Crippen molar-refractivity contribution in [3.05, 3.63) is 69.2 Å². The Morgan fingerprint density at radius 1 is 1.31 bits per heavy atom. The Balaban J connectivity index is 1.03. The zero-order chi connectivity index (χ0) is 21.7. The lowest BCUT2D eigenvalue weighted by Gasteiger charge is -2.17.